The van der Waals surface area contributed by atoms with Gasteiger partial charge in [0.25, 0.3) is 0 Å². The predicted molar refractivity (Wildman–Crippen MR) is 44.4 cm³/mol. The number of hydrogen-bond donors (Lipinski definition) is 0. The van der Waals surface area contributed by atoms with Crippen LogP contribution in [0.2, 0.25) is 0 Å². The van der Waals surface area contributed by atoms with Crippen LogP contribution in [0.4, 0.5) is 0 Å². The average molecular weight is 133 g/mol. The van der Waals surface area contributed by atoms with Crippen LogP contribution >= 0.6 is 0 Å². The van der Waals surface area contributed by atoms with Crippen molar-refractivity contribution in [2.75, 3.05) is 0 Å². The molecule has 0 aromatic heterocycles. The van der Waals surface area contributed by atoms with Crippen LogP contribution in [0.5, 0.6) is 0 Å². The van der Waals surface area contributed by atoms with E-state index in [0.717, 1.165) is 0 Å². The van der Waals surface area contributed by atoms with Gasteiger partial charge in [0.15, 0.2) is 0 Å². The molecule has 0 aliphatic rings. The maximum absolute atomic E-state index is 3.91. The maximum Gasteiger partial charge on any atom is 0.0713 e. The van der Waals surface area contributed by atoms with E-state index >= 15 is 0 Å². The second kappa shape index (κ2) is 3.16. The lowest BCUT2D eigenvalue weighted by Crippen LogP contribution is -1.86. The molecule has 1 nitrogen and oxygen atoms in total. The standard InChI is InChI=1S/C9H11N/c1-8(10-2)9-6-4-3-5-7-9/h3-8H,2H2,1H3/t8-/m0/s1. The van der Waals surface area contributed by atoms with E-state index in [4.69, 9.17) is 0 Å². The SMILES string of the molecule is C=N[C@@H](C)c1ccccc1. The molecular weight excluding hydrogens is 122 g/mol. The van der Waals surface area contributed by atoms with E-state index in [2.05, 4.69) is 23.8 Å². The number of nitrogens with zero attached hydrogens (tertiary/aromatic N) is 1. The van der Waals surface area contributed by atoms with Crippen molar-refractivity contribution in [3.05, 3.63) is 35.9 Å². The van der Waals surface area contributed by atoms with Gasteiger partial charge in [-0.1, -0.05) is 30.3 Å². The van der Waals surface area contributed by atoms with Crippen LogP contribution in [0.3, 0.4) is 0 Å². The first kappa shape index (κ1) is 7.00. The molecule has 10 heavy (non-hydrogen) atoms. The normalized spacial score (nSPS) is 12.5. The van der Waals surface area contributed by atoms with Crippen LogP contribution in [0.15, 0.2) is 35.3 Å². The molecule has 0 saturated carbocycles. The van der Waals surface area contributed by atoms with Crippen molar-refractivity contribution in [2.45, 2.75) is 13.0 Å². The first-order valence-electron chi connectivity index (χ1n) is 3.35. The Morgan fingerprint density at radius 3 is 2.40 bits per heavy atom. The summed E-state index contributed by atoms with van der Waals surface area (Å²) < 4.78 is 0. The Bertz CT molecular complexity index is 203. The van der Waals surface area contributed by atoms with Crippen LogP contribution in [0, 0.1) is 0 Å². The summed E-state index contributed by atoms with van der Waals surface area (Å²) in [5, 5.41) is 0. The summed E-state index contributed by atoms with van der Waals surface area (Å²) in [4.78, 5) is 3.91. The van der Waals surface area contributed by atoms with Gasteiger partial charge in [0.05, 0.1) is 6.04 Å². The van der Waals surface area contributed by atoms with Crippen molar-refractivity contribution >= 4 is 6.72 Å². The lowest BCUT2D eigenvalue weighted by Gasteiger charge is -2.03. The predicted octanol–water partition coefficient (Wildman–Crippen LogP) is 2.45. The van der Waals surface area contributed by atoms with E-state index in [0.29, 0.717) is 0 Å². The van der Waals surface area contributed by atoms with Crippen LogP contribution < -0.4 is 0 Å². The number of hydrogen-bond acceptors (Lipinski definition) is 1. The maximum atomic E-state index is 3.91. The Kier molecular flexibility index (Phi) is 2.21. The van der Waals surface area contributed by atoms with Crippen molar-refractivity contribution in [3.8, 4) is 0 Å². The molecule has 1 rings (SSSR count). The molecule has 1 aromatic rings. The van der Waals surface area contributed by atoms with Crippen LogP contribution in [0.1, 0.15) is 18.5 Å². The highest BCUT2D eigenvalue weighted by Crippen LogP contribution is 2.13. The monoisotopic (exact) mass is 133 g/mol. The van der Waals surface area contributed by atoms with E-state index in [1.54, 1.807) is 0 Å². The number of rotatable bonds is 2. The summed E-state index contributed by atoms with van der Waals surface area (Å²) in [6, 6.07) is 10.4. The summed E-state index contributed by atoms with van der Waals surface area (Å²) in [7, 11) is 0. The van der Waals surface area contributed by atoms with Gasteiger partial charge in [0.2, 0.25) is 0 Å². The van der Waals surface area contributed by atoms with Gasteiger partial charge >= 0.3 is 0 Å². The van der Waals surface area contributed by atoms with Crippen LogP contribution in [-0.2, 0) is 0 Å². The van der Waals surface area contributed by atoms with Crippen LogP contribution in [0.25, 0.3) is 0 Å². The molecule has 0 heterocycles. The third-order valence-electron chi connectivity index (χ3n) is 1.56. The van der Waals surface area contributed by atoms with E-state index in [-0.39, 0.29) is 6.04 Å². The Morgan fingerprint density at radius 1 is 1.30 bits per heavy atom. The molecule has 0 aliphatic carbocycles. The lowest BCUT2D eigenvalue weighted by atomic mass is 10.1. The molecule has 0 fully saturated rings. The largest absolute Gasteiger partial charge is 0.293 e. The first-order valence-corrected chi connectivity index (χ1v) is 3.35. The number of benzene rings is 1. The van der Waals surface area contributed by atoms with Gasteiger partial charge in [-0.3, -0.25) is 4.99 Å². The molecule has 0 aliphatic heterocycles. The van der Waals surface area contributed by atoms with Crippen molar-refractivity contribution in [1.29, 1.82) is 0 Å². The van der Waals surface area contributed by atoms with Crippen molar-refractivity contribution in [2.24, 2.45) is 4.99 Å². The Labute approximate surface area is 61.4 Å². The molecule has 0 bridgehead atoms. The minimum absolute atomic E-state index is 0.223. The molecule has 1 atom stereocenters. The van der Waals surface area contributed by atoms with Gasteiger partial charge in [0, 0.05) is 0 Å². The zero-order valence-electron chi connectivity index (χ0n) is 6.12. The fourth-order valence-electron chi connectivity index (χ4n) is 0.837. The molecule has 52 valence electrons. The van der Waals surface area contributed by atoms with Gasteiger partial charge in [-0.05, 0) is 19.2 Å². The summed E-state index contributed by atoms with van der Waals surface area (Å²) >= 11 is 0. The minimum Gasteiger partial charge on any atom is -0.293 e. The zero-order valence-corrected chi connectivity index (χ0v) is 6.12. The summed E-state index contributed by atoms with van der Waals surface area (Å²) in [6.07, 6.45) is 0. The summed E-state index contributed by atoms with van der Waals surface area (Å²) in [5.74, 6) is 0. The van der Waals surface area contributed by atoms with Gasteiger partial charge in [-0.15, -0.1) is 0 Å². The number of aliphatic imine (C=N–C) groups is 1. The average Bonchev–Trinajstić information content (AvgIpc) is 2.05. The van der Waals surface area contributed by atoms with Gasteiger partial charge in [-0.2, -0.15) is 0 Å². The summed E-state index contributed by atoms with van der Waals surface area (Å²) in [6.45, 7) is 5.52. The van der Waals surface area contributed by atoms with Crippen LogP contribution in [-0.4, -0.2) is 6.72 Å². The smallest absolute Gasteiger partial charge is 0.0713 e. The highest BCUT2D eigenvalue weighted by Gasteiger charge is 1.97. The molecule has 0 N–H and O–H groups in total. The van der Waals surface area contributed by atoms with E-state index in [1.165, 1.54) is 5.56 Å². The third kappa shape index (κ3) is 1.44. The zero-order chi connectivity index (χ0) is 7.40. The first-order chi connectivity index (χ1) is 4.84. The molecule has 0 radical (unpaired) electrons. The highest BCUT2D eigenvalue weighted by atomic mass is 14.7. The van der Waals surface area contributed by atoms with E-state index < -0.39 is 0 Å². The highest BCUT2D eigenvalue weighted by molar-refractivity contribution is 5.27. The molecule has 0 amide bonds. The van der Waals surface area contributed by atoms with Gasteiger partial charge in [-0.25, -0.2) is 0 Å². The van der Waals surface area contributed by atoms with E-state index in [1.807, 2.05) is 25.1 Å². The molecule has 1 aromatic carbocycles. The molecule has 0 spiro atoms. The minimum atomic E-state index is 0.223. The Hall–Kier alpha value is -1.11. The second-order valence-electron chi connectivity index (χ2n) is 2.27. The summed E-state index contributed by atoms with van der Waals surface area (Å²) in [5.41, 5.74) is 1.22. The fraction of sp³-hybridized carbons (Fsp3) is 0.222. The van der Waals surface area contributed by atoms with Crippen molar-refractivity contribution in [3.63, 3.8) is 0 Å². The van der Waals surface area contributed by atoms with Gasteiger partial charge < -0.3 is 0 Å². The molecule has 0 saturated heterocycles. The van der Waals surface area contributed by atoms with E-state index in [9.17, 15) is 0 Å². The molecule has 0 unspecified atom stereocenters. The van der Waals surface area contributed by atoms with Crippen molar-refractivity contribution < 1.29 is 0 Å². The molecular formula is C9H11N. The van der Waals surface area contributed by atoms with Gasteiger partial charge in [0.1, 0.15) is 0 Å². The lowest BCUT2D eigenvalue weighted by molar-refractivity contribution is 0.828. The van der Waals surface area contributed by atoms with Crippen molar-refractivity contribution in [1.82, 2.24) is 0 Å². The Morgan fingerprint density at radius 2 is 1.90 bits per heavy atom. The topological polar surface area (TPSA) is 12.4 Å². The quantitative estimate of drug-likeness (QED) is 0.549. The second-order valence-corrected chi connectivity index (χ2v) is 2.27. The Balaban J connectivity index is 2.84. The third-order valence-corrected chi connectivity index (χ3v) is 1.56. The molecule has 1 heteroatoms. The fourth-order valence-corrected chi connectivity index (χ4v) is 0.837.